The number of hydrogen-bond donors (Lipinski definition) is 0. The second-order valence-corrected chi connectivity index (χ2v) is 8.70. The SMILES string of the molecule is C=C(C)C(=O)Oc1c(Br)cc(CCCCCCCCCCCC)cc1Br. The molecule has 0 aromatic heterocycles. The van der Waals surface area contributed by atoms with E-state index in [1.165, 1.54) is 69.8 Å². The van der Waals surface area contributed by atoms with Crippen molar-refractivity contribution in [2.45, 2.75) is 84.5 Å². The molecule has 0 fully saturated rings. The van der Waals surface area contributed by atoms with Crippen molar-refractivity contribution in [2.24, 2.45) is 0 Å². The molecule has 0 spiro atoms. The minimum absolute atomic E-state index is 0.387. The largest absolute Gasteiger partial charge is 0.421 e. The lowest BCUT2D eigenvalue weighted by molar-refractivity contribution is -0.130. The smallest absolute Gasteiger partial charge is 0.338 e. The molecular weight excluding hydrogens is 456 g/mol. The van der Waals surface area contributed by atoms with Crippen LogP contribution in [0, 0.1) is 0 Å². The first-order chi connectivity index (χ1) is 12.5. The highest BCUT2D eigenvalue weighted by Crippen LogP contribution is 2.35. The van der Waals surface area contributed by atoms with E-state index in [4.69, 9.17) is 4.74 Å². The van der Waals surface area contributed by atoms with Crippen LogP contribution in [0.15, 0.2) is 33.2 Å². The lowest BCUT2D eigenvalue weighted by atomic mass is 10.0. The summed E-state index contributed by atoms with van der Waals surface area (Å²) in [4.78, 5) is 11.7. The molecule has 1 aromatic carbocycles. The van der Waals surface area contributed by atoms with Crippen LogP contribution in [-0.2, 0) is 11.2 Å². The summed E-state index contributed by atoms with van der Waals surface area (Å²) in [7, 11) is 0. The van der Waals surface area contributed by atoms with Crippen molar-refractivity contribution in [2.75, 3.05) is 0 Å². The molecule has 0 saturated heterocycles. The van der Waals surface area contributed by atoms with Gasteiger partial charge in [0.15, 0.2) is 5.75 Å². The molecule has 0 aliphatic rings. The van der Waals surface area contributed by atoms with E-state index in [-0.39, 0.29) is 0 Å². The van der Waals surface area contributed by atoms with E-state index < -0.39 is 5.97 Å². The molecule has 0 unspecified atom stereocenters. The van der Waals surface area contributed by atoms with Gasteiger partial charge in [0.25, 0.3) is 0 Å². The molecule has 4 heteroatoms. The second-order valence-electron chi connectivity index (χ2n) is 6.99. The number of ether oxygens (including phenoxy) is 1. The fourth-order valence-corrected chi connectivity index (χ4v) is 4.29. The maximum Gasteiger partial charge on any atom is 0.338 e. The van der Waals surface area contributed by atoms with Crippen molar-refractivity contribution in [3.63, 3.8) is 0 Å². The zero-order valence-electron chi connectivity index (χ0n) is 16.2. The van der Waals surface area contributed by atoms with E-state index >= 15 is 0 Å². The number of aryl methyl sites for hydroxylation is 1. The van der Waals surface area contributed by atoms with E-state index in [1.807, 2.05) is 12.1 Å². The van der Waals surface area contributed by atoms with Gasteiger partial charge in [-0.05, 0) is 69.3 Å². The maximum atomic E-state index is 11.7. The molecule has 0 heterocycles. The molecule has 1 rings (SSSR count). The highest BCUT2D eigenvalue weighted by atomic mass is 79.9. The van der Waals surface area contributed by atoms with Gasteiger partial charge in [-0.25, -0.2) is 4.79 Å². The summed E-state index contributed by atoms with van der Waals surface area (Å²) in [5, 5.41) is 0. The molecular formula is C22H32Br2O2. The molecule has 0 bridgehead atoms. The van der Waals surface area contributed by atoms with Gasteiger partial charge in [-0.3, -0.25) is 0 Å². The average molecular weight is 488 g/mol. The Kier molecular flexibility index (Phi) is 12.2. The molecule has 146 valence electrons. The Balaban J connectivity index is 2.29. The molecule has 0 saturated carbocycles. The van der Waals surface area contributed by atoms with Crippen LogP contribution < -0.4 is 4.74 Å². The minimum Gasteiger partial charge on any atom is -0.421 e. The summed E-state index contributed by atoms with van der Waals surface area (Å²) in [5.74, 6) is 0.110. The Bertz CT molecular complexity index is 559. The van der Waals surface area contributed by atoms with Gasteiger partial charge in [0.1, 0.15) is 0 Å². The Morgan fingerprint density at radius 3 is 1.85 bits per heavy atom. The predicted molar refractivity (Wildman–Crippen MR) is 118 cm³/mol. The lowest BCUT2D eigenvalue weighted by Crippen LogP contribution is -2.09. The van der Waals surface area contributed by atoms with Gasteiger partial charge in [0.2, 0.25) is 0 Å². The van der Waals surface area contributed by atoms with Crippen LogP contribution in [0.25, 0.3) is 0 Å². The molecule has 0 amide bonds. The third-order valence-electron chi connectivity index (χ3n) is 4.42. The van der Waals surface area contributed by atoms with Crippen LogP contribution in [0.4, 0.5) is 0 Å². The van der Waals surface area contributed by atoms with E-state index in [9.17, 15) is 4.79 Å². The molecule has 26 heavy (non-hydrogen) atoms. The lowest BCUT2D eigenvalue weighted by Gasteiger charge is -2.11. The standard InChI is InChI=1S/C22H32Br2O2/c1-4-5-6-7-8-9-10-11-12-13-14-18-15-19(23)21(20(24)16-18)26-22(25)17(2)3/h15-16H,2,4-14H2,1,3H3. The number of unbranched alkanes of at least 4 members (excludes halogenated alkanes) is 9. The van der Waals surface area contributed by atoms with Gasteiger partial charge in [-0.1, -0.05) is 71.3 Å². The Hall–Kier alpha value is -0.610. The highest BCUT2D eigenvalue weighted by Gasteiger charge is 2.13. The number of benzene rings is 1. The quantitative estimate of drug-likeness (QED) is 0.121. The van der Waals surface area contributed by atoms with Crippen LogP contribution in [-0.4, -0.2) is 5.97 Å². The van der Waals surface area contributed by atoms with Crippen molar-refractivity contribution in [3.05, 3.63) is 38.8 Å². The highest BCUT2D eigenvalue weighted by molar-refractivity contribution is 9.11. The van der Waals surface area contributed by atoms with E-state index in [1.54, 1.807) is 6.92 Å². The molecule has 0 aliphatic heterocycles. The third-order valence-corrected chi connectivity index (χ3v) is 5.60. The summed E-state index contributed by atoms with van der Waals surface area (Å²) in [5.41, 5.74) is 1.64. The Labute approximate surface area is 176 Å². The normalized spacial score (nSPS) is 10.8. The number of esters is 1. The topological polar surface area (TPSA) is 26.3 Å². The van der Waals surface area contributed by atoms with Crippen LogP contribution >= 0.6 is 31.9 Å². The zero-order chi connectivity index (χ0) is 19.4. The predicted octanol–water partition coefficient (Wildman–Crippen LogP) is 8.16. The van der Waals surface area contributed by atoms with Crippen molar-refractivity contribution in [1.82, 2.24) is 0 Å². The summed E-state index contributed by atoms with van der Waals surface area (Å²) in [6.45, 7) is 7.52. The van der Waals surface area contributed by atoms with Gasteiger partial charge < -0.3 is 4.74 Å². The number of halogens is 2. The Morgan fingerprint density at radius 2 is 1.38 bits per heavy atom. The minimum atomic E-state index is -0.408. The van der Waals surface area contributed by atoms with Gasteiger partial charge in [0.05, 0.1) is 8.95 Å². The van der Waals surface area contributed by atoms with Crippen LogP contribution in [0.1, 0.15) is 83.6 Å². The van der Waals surface area contributed by atoms with Crippen molar-refractivity contribution < 1.29 is 9.53 Å². The number of carbonyl (C=O) groups is 1. The van der Waals surface area contributed by atoms with Crippen LogP contribution in [0.2, 0.25) is 0 Å². The summed E-state index contributed by atoms with van der Waals surface area (Å²) in [6, 6.07) is 4.08. The van der Waals surface area contributed by atoms with Gasteiger partial charge in [-0.15, -0.1) is 0 Å². The van der Waals surface area contributed by atoms with Crippen LogP contribution in [0.5, 0.6) is 5.75 Å². The first-order valence-electron chi connectivity index (χ1n) is 9.81. The number of rotatable bonds is 13. The average Bonchev–Trinajstić information content (AvgIpc) is 2.59. The van der Waals surface area contributed by atoms with Crippen molar-refractivity contribution in [1.29, 1.82) is 0 Å². The fraction of sp³-hybridized carbons (Fsp3) is 0.591. The zero-order valence-corrected chi connectivity index (χ0v) is 19.4. The monoisotopic (exact) mass is 486 g/mol. The summed E-state index contributed by atoms with van der Waals surface area (Å²) < 4.78 is 6.96. The molecule has 0 aliphatic carbocycles. The van der Waals surface area contributed by atoms with Gasteiger partial charge in [0, 0.05) is 5.57 Å². The van der Waals surface area contributed by atoms with Gasteiger partial charge in [-0.2, -0.15) is 0 Å². The van der Waals surface area contributed by atoms with E-state index in [0.29, 0.717) is 11.3 Å². The number of hydrogen-bond acceptors (Lipinski definition) is 2. The van der Waals surface area contributed by atoms with Crippen LogP contribution in [0.3, 0.4) is 0 Å². The molecule has 2 nitrogen and oxygen atoms in total. The fourth-order valence-electron chi connectivity index (χ4n) is 2.85. The maximum absolute atomic E-state index is 11.7. The van der Waals surface area contributed by atoms with E-state index in [2.05, 4.69) is 45.4 Å². The first-order valence-corrected chi connectivity index (χ1v) is 11.4. The van der Waals surface area contributed by atoms with Crippen molar-refractivity contribution >= 4 is 37.8 Å². The second kappa shape index (κ2) is 13.5. The number of carbonyl (C=O) groups excluding carboxylic acids is 1. The Morgan fingerprint density at radius 1 is 0.923 bits per heavy atom. The van der Waals surface area contributed by atoms with Gasteiger partial charge >= 0.3 is 5.97 Å². The van der Waals surface area contributed by atoms with Crippen molar-refractivity contribution in [3.8, 4) is 5.75 Å². The summed E-state index contributed by atoms with van der Waals surface area (Å²) >= 11 is 7.02. The molecule has 0 N–H and O–H groups in total. The third kappa shape index (κ3) is 9.36. The molecule has 0 atom stereocenters. The molecule has 1 aromatic rings. The molecule has 0 radical (unpaired) electrons. The summed E-state index contributed by atoms with van der Waals surface area (Å²) in [6.07, 6.45) is 14.5. The first kappa shape index (κ1) is 23.4. The van der Waals surface area contributed by atoms with E-state index in [0.717, 1.165) is 15.4 Å².